The molecule has 1 N–H and O–H groups in total. The zero-order valence-corrected chi connectivity index (χ0v) is 12.9. The first-order chi connectivity index (χ1) is 9.65. The number of nitrogens with one attached hydrogen (secondary N) is 1. The van der Waals surface area contributed by atoms with Crippen LogP contribution in [0.25, 0.3) is 0 Å². The van der Waals surface area contributed by atoms with E-state index < -0.39 is 0 Å². The van der Waals surface area contributed by atoms with Crippen LogP contribution in [0, 0.1) is 0 Å². The molecule has 0 spiro atoms. The molecule has 5 heteroatoms. The quantitative estimate of drug-likeness (QED) is 0.845. The van der Waals surface area contributed by atoms with Gasteiger partial charge in [0.05, 0.1) is 6.54 Å². The van der Waals surface area contributed by atoms with E-state index in [0.29, 0.717) is 12.1 Å². The first kappa shape index (κ1) is 14.8. The summed E-state index contributed by atoms with van der Waals surface area (Å²) in [6.07, 6.45) is 7.05. The van der Waals surface area contributed by atoms with Gasteiger partial charge < -0.3 is 9.88 Å². The number of nitrogens with zero attached hydrogens (tertiary/aromatic N) is 4. The van der Waals surface area contributed by atoms with Crippen molar-refractivity contribution < 1.29 is 0 Å². The average Bonchev–Trinajstić information content (AvgIpc) is 3.05. The Balaban J connectivity index is 2.11. The van der Waals surface area contributed by atoms with Crippen LogP contribution < -0.4 is 5.32 Å². The van der Waals surface area contributed by atoms with Gasteiger partial charge in [-0.15, -0.1) is 0 Å². The Labute approximate surface area is 121 Å². The fourth-order valence-electron chi connectivity index (χ4n) is 2.49. The SMILES string of the molecule is CCNC(CC)c1ccn(Cc2ncnn2C(C)C)c1. The summed E-state index contributed by atoms with van der Waals surface area (Å²) in [5.74, 6) is 0.999. The summed E-state index contributed by atoms with van der Waals surface area (Å²) in [5.41, 5.74) is 1.34. The van der Waals surface area contributed by atoms with Crippen LogP contribution in [0.5, 0.6) is 0 Å². The summed E-state index contributed by atoms with van der Waals surface area (Å²) in [6.45, 7) is 10.4. The van der Waals surface area contributed by atoms with Crippen LogP contribution >= 0.6 is 0 Å². The van der Waals surface area contributed by atoms with Crippen molar-refractivity contribution in [3.63, 3.8) is 0 Å². The molecule has 0 aliphatic heterocycles. The van der Waals surface area contributed by atoms with Crippen molar-refractivity contribution in [2.45, 2.75) is 52.7 Å². The summed E-state index contributed by atoms with van der Waals surface area (Å²) in [6, 6.07) is 2.96. The molecule has 0 amide bonds. The molecule has 0 aromatic carbocycles. The molecule has 0 saturated heterocycles. The first-order valence-electron chi connectivity index (χ1n) is 7.43. The molecule has 110 valence electrons. The van der Waals surface area contributed by atoms with Crippen LogP contribution in [-0.4, -0.2) is 25.9 Å². The highest BCUT2D eigenvalue weighted by molar-refractivity contribution is 5.16. The van der Waals surface area contributed by atoms with E-state index in [2.05, 4.69) is 66.1 Å². The van der Waals surface area contributed by atoms with Crippen LogP contribution in [0.4, 0.5) is 0 Å². The van der Waals surface area contributed by atoms with E-state index in [1.54, 1.807) is 6.33 Å². The molecule has 1 unspecified atom stereocenters. The predicted molar refractivity (Wildman–Crippen MR) is 80.6 cm³/mol. The molecule has 5 nitrogen and oxygen atoms in total. The van der Waals surface area contributed by atoms with Crippen LogP contribution in [0.2, 0.25) is 0 Å². The van der Waals surface area contributed by atoms with Crippen LogP contribution in [0.3, 0.4) is 0 Å². The van der Waals surface area contributed by atoms with Gasteiger partial charge >= 0.3 is 0 Å². The Hall–Kier alpha value is -1.62. The third-order valence-corrected chi connectivity index (χ3v) is 3.49. The van der Waals surface area contributed by atoms with Gasteiger partial charge in [0.2, 0.25) is 0 Å². The topological polar surface area (TPSA) is 47.7 Å². The minimum absolute atomic E-state index is 0.340. The summed E-state index contributed by atoms with van der Waals surface area (Å²) >= 11 is 0. The highest BCUT2D eigenvalue weighted by Gasteiger charge is 2.11. The molecule has 0 fully saturated rings. The lowest BCUT2D eigenvalue weighted by Crippen LogP contribution is -2.19. The molecular formula is C15H25N5. The van der Waals surface area contributed by atoms with Gasteiger partial charge in [0.1, 0.15) is 12.2 Å². The molecular weight excluding hydrogens is 250 g/mol. The molecule has 2 aromatic rings. The van der Waals surface area contributed by atoms with E-state index >= 15 is 0 Å². The Kier molecular flexibility index (Phi) is 4.95. The lowest BCUT2D eigenvalue weighted by molar-refractivity contribution is 0.495. The minimum Gasteiger partial charge on any atom is -0.346 e. The largest absolute Gasteiger partial charge is 0.346 e. The lowest BCUT2D eigenvalue weighted by atomic mass is 10.1. The first-order valence-corrected chi connectivity index (χ1v) is 7.43. The third kappa shape index (κ3) is 3.28. The molecule has 0 saturated carbocycles. The molecule has 20 heavy (non-hydrogen) atoms. The summed E-state index contributed by atoms with van der Waals surface area (Å²) in [7, 11) is 0. The number of hydrogen-bond acceptors (Lipinski definition) is 3. The fourth-order valence-corrected chi connectivity index (χ4v) is 2.49. The van der Waals surface area contributed by atoms with Crippen LogP contribution in [0.15, 0.2) is 24.8 Å². The van der Waals surface area contributed by atoms with Crippen molar-refractivity contribution in [3.8, 4) is 0 Å². The summed E-state index contributed by atoms with van der Waals surface area (Å²) in [4.78, 5) is 4.36. The van der Waals surface area contributed by atoms with E-state index in [4.69, 9.17) is 0 Å². The van der Waals surface area contributed by atoms with Gasteiger partial charge in [-0.2, -0.15) is 5.10 Å². The second kappa shape index (κ2) is 6.70. The summed E-state index contributed by atoms with van der Waals surface area (Å²) < 4.78 is 4.15. The van der Waals surface area contributed by atoms with Gasteiger partial charge in [-0.3, -0.25) is 0 Å². The standard InChI is InChI=1S/C15H25N5/c1-5-14(16-6-2)13-7-8-19(9-13)10-15-17-11-18-20(15)12(3)4/h7-9,11-12,14,16H,5-6,10H2,1-4H3. The fraction of sp³-hybridized carbons (Fsp3) is 0.600. The maximum absolute atomic E-state index is 4.36. The average molecular weight is 275 g/mol. The number of aromatic nitrogens is 4. The van der Waals surface area contributed by atoms with Crippen molar-refractivity contribution in [2.75, 3.05) is 6.54 Å². The Morgan fingerprint density at radius 3 is 2.75 bits per heavy atom. The van der Waals surface area contributed by atoms with Gasteiger partial charge in [-0.05, 0) is 38.4 Å². The van der Waals surface area contributed by atoms with Gasteiger partial charge in [-0.1, -0.05) is 13.8 Å². The third-order valence-electron chi connectivity index (χ3n) is 3.49. The van der Waals surface area contributed by atoms with Gasteiger partial charge in [0.15, 0.2) is 0 Å². The van der Waals surface area contributed by atoms with Gasteiger partial charge in [0, 0.05) is 24.5 Å². The maximum atomic E-state index is 4.36. The highest BCUT2D eigenvalue weighted by atomic mass is 15.4. The second-order valence-electron chi connectivity index (χ2n) is 5.35. The van der Waals surface area contributed by atoms with Crippen molar-refractivity contribution in [3.05, 3.63) is 36.2 Å². The van der Waals surface area contributed by atoms with E-state index in [1.807, 2.05) is 4.68 Å². The molecule has 2 rings (SSSR count). The van der Waals surface area contributed by atoms with E-state index in [0.717, 1.165) is 25.3 Å². The Morgan fingerprint density at radius 2 is 2.10 bits per heavy atom. The normalized spacial score (nSPS) is 13.1. The van der Waals surface area contributed by atoms with E-state index in [1.165, 1.54) is 5.56 Å². The van der Waals surface area contributed by atoms with E-state index in [9.17, 15) is 0 Å². The minimum atomic E-state index is 0.340. The smallest absolute Gasteiger partial charge is 0.147 e. The molecule has 0 radical (unpaired) electrons. The molecule has 0 aliphatic carbocycles. The lowest BCUT2D eigenvalue weighted by Gasteiger charge is -2.14. The maximum Gasteiger partial charge on any atom is 0.147 e. The van der Waals surface area contributed by atoms with Crippen LogP contribution in [-0.2, 0) is 6.54 Å². The Morgan fingerprint density at radius 1 is 1.30 bits per heavy atom. The summed E-state index contributed by atoms with van der Waals surface area (Å²) in [5, 5.41) is 7.78. The molecule has 2 aromatic heterocycles. The van der Waals surface area contributed by atoms with Gasteiger partial charge in [-0.25, -0.2) is 9.67 Å². The van der Waals surface area contributed by atoms with Crippen molar-refractivity contribution >= 4 is 0 Å². The van der Waals surface area contributed by atoms with Crippen molar-refractivity contribution in [2.24, 2.45) is 0 Å². The van der Waals surface area contributed by atoms with Crippen LogP contribution in [0.1, 0.15) is 57.6 Å². The van der Waals surface area contributed by atoms with E-state index in [-0.39, 0.29) is 0 Å². The molecule has 1 atom stereocenters. The predicted octanol–water partition coefficient (Wildman–Crippen LogP) is 2.77. The van der Waals surface area contributed by atoms with Crippen molar-refractivity contribution in [1.82, 2.24) is 24.6 Å². The number of hydrogen-bond donors (Lipinski definition) is 1. The zero-order valence-electron chi connectivity index (χ0n) is 12.9. The zero-order chi connectivity index (χ0) is 14.5. The molecule has 0 bridgehead atoms. The second-order valence-corrected chi connectivity index (χ2v) is 5.35. The van der Waals surface area contributed by atoms with Gasteiger partial charge in [0.25, 0.3) is 0 Å². The monoisotopic (exact) mass is 275 g/mol. The molecule has 0 aliphatic rings. The van der Waals surface area contributed by atoms with Crippen molar-refractivity contribution in [1.29, 1.82) is 0 Å². The Bertz CT molecular complexity index is 526. The molecule has 2 heterocycles. The highest BCUT2D eigenvalue weighted by Crippen LogP contribution is 2.17. The number of rotatable bonds is 7.